The Morgan fingerprint density at radius 2 is 1.81 bits per heavy atom. The number of fused-ring (bicyclic) bond motifs is 1. The minimum atomic E-state index is 0.136. The largest absolute Gasteiger partial charge is 0.504 e. The molecule has 6 nitrogen and oxygen atoms in total. The lowest BCUT2D eigenvalue weighted by Gasteiger charge is -2.32. The number of azo groups is 1. The molecule has 4 rings (SSSR count). The van der Waals surface area contributed by atoms with E-state index in [1.54, 1.807) is 16.5 Å². The van der Waals surface area contributed by atoms with Gasteiger partial charge in [0.1, 0.15) is 0 Å². The Balaban J connectivity index is 1.54. The van der Waals surface area contributed by atoms with Crippen LogP contribution in [0.2, 0.25) is 0 Å². The zero-order chi connectivity index (χ0) is 18.1. The number of hydrogen-bond acceptors (Lipinski definition) is 5. The second-order valence-corrected chi connectivity index (χ2v) is 6.99. The highest BCUT2D eigenvalue weighted by Crippen LogP contribution is 2.29. The van der Waals surface area contributed by atoms with E-state index < -0.39 is 0 Å². The predicted octanol–water partition coefficient (Wildman–Crippen LogP) is 5.00. The summed E-state index contributed by atoms with van der Waals surface area (Å²) in [4.78, 5) is 6.79. The van der Waals surface area contributed by atoms with E-state index in [4.69, 9.17) is 0 Å². The van der Waals surface area contributed by atoms with Gasteiger partial charge in [-0.3, -0.25) is 4.40 Å². The Labute approximate surface area is 152 Å². The van der Waals surface area contributed by atoms with Crippen LogP contribution in [0.15, 0.2) is 52.8 Å². The summed E-state index contributed by atoms with van der Waals surface area (Å²) in [6.07, 6.45) is 4.33. The van der Waals surface area contributed by atoms with Crippen LogP contribution in [-0.2, 0) is 0 Å². The zero-order valence-electron chi connectivity index (χ0n) is 15.1. The molecule has 1 saturated heterocycles. The number of piperidine rings is 1. The monoisotopic (exact) mass is 349 g/mol. The number of nitrogens with zero attached hydrogens (tertiary/aromatic N) is 5. The number of aryl methyl sites for hydroxylation is 1. The first-order chi connectivity index (χ1) is 12.6. The maximum absolute atomic E-state index is 9.90. The van der Waals surface area contributed by atoms with E-state index >= 15 is 0 Å². The smallest absolute Gasteiger partial charge is 0.182 e. The van der Waals surface area contributed by atoms with Crippen molar-refractivity contribution in [3.8, 4) is 5.75 Å². The fraction of sp³-hybridized carbons (Fsp3) is 0.350. The van der Waals surface area contributed by atoms with Crippen LogP contribution in [0.25, 0.3) is 5.65 Å². The maximum Gasteiger partial charge on any atom is 0.182 e. The van der Waals surface area contributed by atoms with Crippen LogP contribution in [0, 0.1) is 12.8 Å². The highest BCUT2D eigenvalue weighted by atomic mass is 16.3. The van der Waals surface area contributed by atoms with Gasteiger partial charge >= 0.3 is 0 Å². The minimum Gasteiger partial charge on any atom is -0.504 e. The molecule has 0 saturated carbocycles. The number of benzene rings is 1. The van der Waals surface area contributed by atoms with Gasteiger partial charge in [-0.2, -0.15) is 0 Å². The van der Waals surface area contributed by atoms with Crippen molar-refractivity contribution in [2.45, 2.75) is 26.7 Å². The summed E-state index contributed by atoms with van der Waals surface area (Å²) < 4.78 is 1.75. The summed E-state index contributed by atoms with van der Waals surface area (Å²) in [6.45, 7) is 6.42. The standard InChI is InChI=1S/C20H23N5O/c1-14-9-12-24(13-10-14)17-7-5-16(6-8-17)22-23-19-15(2)21-20-18(26)4-3-11-25(19)20/h3-8,11,14,26H,9-10,12-13H2,1-2H3. The molecule has 0 amide bonds. The van der Waals surface area contributed by atoms with Crippen molar-refractivity contribution >= 4 is 22.8 Å². The van der Waals surface area contributed by atoms with Crippen LogP contribution in [0.4, 0.5) is 17.2 Å². The maximum atomic E-state index is 9.90. The molecule has 0 spiro atoms. The van der Waals surface area contributed by atoms with Crippen molar-refractivity contribution in [3.05, 3.63) is 48.3 Å². The number of rotatable bonds is 3. The molecule has 0 atom stereocenters. The molecule has 0 aliphatic carbocycles. The molecule has 1 aliphatic heterocycles. The fourth-order valence-corrected chi connectivity index (χ4v) is 3.38. The quantitative estimate of drug-likeness (QED) is 0.677. The van der Waals surface area contributed by atoms with Gasteiger partial charge in [0.15, 0.2) is 17.2 Å². The first-order valence-corrected chi connectivity index (χ1v) is 9.05. The minimum absolute atomic E-state index is 0.136. The van der Waals surface area contributed by atoms with Gasteiger partial charge in [-0.05, 0) is 62.1 Å². The number of pyridine rings is 1. The lowest BCUT2D eigenvalue weighted by molar-refractivity contribution is 0.438. The van der Waals surface area contributed by atoms with Gasteiger partial charge < -0.3 is 10.0 Å². The average Bonchev–Trinajstić information content (AvgIpc) is 2.98. The zero-order valence-corrected chi connectivity index (χ0v) is 15.1. The van der Waals surface area contributed by atoms with E-state index in [1.165, 1.54) is 18.5 Å². The Hall–Kier alpha value is -2.89. The van der Waals surface area contributed by atoms with Crippen molar-refractivity contribution in [2.24, 2.45) is 16.1 Å². The first kappa shape index (κ1) is 16.6. The van der Waals surface area contributed by atoms with Crippen molar-refractivity contribution in [1.29, 1.82) is 0 Å². The van der Waals surface area contributed by atoms with E-state index in [1.807, 2.05) is 25.3 Å². The molecule has 3 aromatic rings. The van der Waals surface area contributed by atoms with Gasteiger partial charge in [0, 0.05) is 25.0 Å². The van der Waals surface area contributed by atoms with Crippen LogP contribution in [-0.4, -0.2) is 27.6 Å². The normalized spacial score (nSPS) is 16.0. The molecule has 0 bridgehead atoms. The highest BCUT2D eigenvalue weighted by molar-refractivity contribution is 5.60. The highest BCUT2D eigenvalue weighted by Gasteiger charge is 2.16. The summed E-state index contributed by atoms with van der Waals surface area (Å²) in [5, 5.41) is 18.6. The van der Waals surface area contributed by atoms with Crippen molar-refractivity contribution in [2.75, 3.05) is 18.0 Å². The van der Waals surface area contributed by atoms with E-state index in [2.05, 4.69) is 39.2 Å². The summed E-state index contributed by atoms with van der Waals surface area (Å²) in [5.74, 6) is 1.59. The van der Waals surface area contributed by atoms with Gasteiger partial charge in [-0.25, -0.2) is 4.98 Å². The summed E-state index contributed by atoms with van der Waals surface area (Å²) in [6, 6.07) is 11.6. The number of aromatic nitrogens is 2. The molecule has 134 valence electrons. The van der Waals surface area contributed by atoms with E-state index in [-0.39, 0.29) is 5.75 Å². The van der Waals surface area contributed by atoms with Gasteiger partial charge in [0.2, 0.25) is 0 Å². The van der Waals surface area contributed by atoms with E-state index in [0.717, 1.165) is 30.4 Å². The summed E-state index contributed by atoms with van der Waals surface area (Å²) in [5.41, 5.74) is 3.27. The third-order valence-electron chi connectivity index (χ3n) is 5.03. The molecule has 26 heavy (non-hydrogen) atoms. The second kappa shape index (κ2) is 6.78. The molecule has 6 heteroatoms. The molecular formula is C20H23N5O. The van der Waals surface area contributed by atoms with Gasteiger partial charge in [-0.15, -0.1) is 10.2 Å². The first-order valence-electron chi connectivity index (χ1n) is 9.05. The third kappa shape index (κ3) is 3.14. The average molecular weight is 349 g/mol. The molecular weight excluding hydrogens is 326 g/mol. The van der Waals surface area contributed by atoms with E-state index in [0.29, 0.717) is 11.5 Å². The molecule has 1 aromatic carbocycles. The van der Waals surface area contributed by atoms with Crippen LogP contribution in [0.5, 0.6) is 5.75 Å². The predicted molar refractivity (Wildman–Crippen MR) is 103 cm³/mol. The Kier molecular flexibility index (Phi) is 4.32. The van der Waals surface area contributed by atoms with Crippen molar-refractivity contribution in [1.82, 2.24) is 9.38 Å². The van der Waals surface area contributed by atoms with Crippen LogP contribution in [0.3, 0.4) is 0 Å². The SMILES string of the molecule is Cc1nc2c(O)cccn2c1N=Nc1ccc(N2CCC(C)CC2)cc1. The second-order valence-electron chi connectivity index (χ2n) is 6.99. The van der Waals surface area contributed by atoms with Gasteiger partial charge in [0.05, 0.1) is 11.4 Å². The third-order valence-corrected chi connectivity index (χ3v) is 5.03. The molecule has 2 aromatic heterocycles. The molecule has 0 unspecified atom stereocenters. The summed E-state index contributed by atoms with van der Waals surface area (Å²) >= 11 is 0. The Morgan fingerprint density at radius 1 is 1.08 bits per heavy atom. The molecule has 1 aliphatic rings. The van der Waals surface area contributed by atoms with Crippen molar-refractivity contribution < 1.29 is 5.11 Å². The van der Waals surface area contributed by atoms with Crippen LogP contribution < -0.4 is 4.90 Å². The van der Waals surface area contributed by atoms with Crippen LogP contribution in [0.1, 0.15) is 25.5 Å². The molecule has 1 N–H and O–H groups in total. The molecule has 3 heterocycles. The lowest BCUT2D eigenvalue weighted by atomic mass is 9.99. The van der Waals surface area contributed by atoms with Crippen molar-refractivity contribution in [3.63, 3.8) is 0 Å². The fourth-order valence-electron chi connectivity index (χ4n) is 3.38. The Bertz CT molecular complexity index is 937. The summed E-state index contributed by atoms with van der Waals surface area (Å²) in [7, 11) is 0. The molecule has 0 radical (unpaired) electrons. The Morgan fingerprint density at radius 3 is 2.54 bits per heavy atom. The van der Waals surface area contributed by atoms with Gasteiger partial charge in [-0.1, -0.05) is 6.92 Å². The number of aromatic hydroxyl groups is 1. The lowest BCUT2D eigenvalue weighted by Crippen LogP contribution is -2.32. The number of anilines is 1. The van der Waals surface area contributed by atoms with Gasteiger partial charge in [0.25, 0.3) is 0 Å². The molecule has 1 fully saturated rings. The topological polar surface area (TPSA) is 65.5 Å². The number of hydrogen-bond donors (Lipinski definition) is 1. The van der Waals surface area contributed by atoms with Crippen LogP contribution >= 0.6 is 0 Å². The number of imidazole rings is 1. The van der Waals surface area contributed by atoms with E-state index in [9.17, 15) is 5.11 Å².